The van der Waals surface area contributed by atoms with Crippen molar-refractivity contribution in [3.05, 3.63) is 0 Å². The van der Waals surface area contributed by atoms with Crippen LogP contribution in [0, 0.1) is 5.92 Å². The molecule has 0 aliphatic carbocycles. The maximum Gasteiger partial charge on any atom is 0.310 e. The predicted molar refractivity (Wildman–Crippen MR) is 75.5 cm³/mol. The molecule has 1 fully saturated rings. The van der Waals surface area contributed by atoms with Crippen molar-refractivity contribution in [2.24, 2.45) is 5.92 Å². The van der Waals surface area contributed by atoms with Crippen LogP contribution in [0.2, 0.25) is 0 Å². The molecule has 20 heavy (non-hydrogen) atoms. The molecule has 1 heterocycles. The Hall–Kier alpha value is -1.14. The highest BCUT2D eigenvalue weighted by Crippen LogP contribution is 2.22. The van der Waals surface area contributed by atoms with Gasteiger partial charge in [0, 0.05) is 12.1 Å². The minimum atomic E-state index is -0.856. The Kier molecular flexibility index (Phi) is 6.42. The Bertz CT molecular complexity index is 346. The molecular formula is C14H26N2O4. The Labute approximate surface area is 120 Å². The molecule has 0 bridgehead atoms. The number of ether oxygens (including phenoxy) is 1. The van der Waals surface area contributed by atoms with E-state index in [1.807, 2.05) is 32.6 Å². The fourth-order valence-electron chi connectivity index (χ4n) is 2.57. The number of hydrogen-bond acceptors (Lipinski definition) is 4. The Morgan fingerprint density at radius 2 is 2.00 bits per heavy atom. The van der Waals surface area contributed by atoms with E-state index in [4.69, 9.17) is 4.74 Å². The lowest BCUT2D eigenvalue weighted by molar-refractivity contribution is -0.144. The largest absolute Gasteiger partial charge is 0.481 e. The summed E-state index contributed by atoms with van der Waals surface area (Å²) in [7, 11) is 0. The van der Waals surface area contributed by atoms with E-state index in [1.54, 1.807) is 0 Å². The second-order valence-electron chi connectivity index (χ2n) is 5.63. The number of rotatable bonds is 7. The molecule has 0 aromatic heterocycles. The lowest BCUT2D eigenvalue weighted by atomic mass is 10.00. The van der Waals surface area contributed by atoms with Crippen LogP contribution in [-0.4, -0.2) is 59.8 Å². The first-order chi connectivity index (χ1) is 9.38. The first kappa shape index (κ1) is 16.9. The molecule has 0 aromatic carbocycles. The normalized spacial score (nSPS) is 24.1. The highest BCUT2D eigenvalue weighted by atomic mass is 16.5. The van der Waals surface area contributed by atoms with Gasteiger partial charge in [0.2, 0.25) is 5.91 Å². The summed E-state index contributed by atoms with van der Waals surface area (Å²) < 4.78 is 5.32. The maximum atomic E-state index is 12.2. The van der Waals surface area contributed by atoms with Crippen molar-refractivity contribution >= 4 is 11.9 Å². The van der Waals surface area contributed by atoms with E-state index in [9.17, 15) is 14.7 Å². The quantitative estimate of drug-likeness (QED) is 0.720. The average Bonchev–Trinajstić information content (AvgIpc) is 2.83. The minimum Gasteiger partial charge on any atom is -0.481 e. The van der Waals surface area contributed by atoms with Gasteiger partial charge in [0.1, 0.15) is 0 Å². The van der Waals surface area contributed by atoms with Gasteiger partial charge >= 0.3 is 5.97 Å². The van der Waals surface area contributed by atoms with Gasteiger partial charge in [-0.05, 0) is 33.7 Å². The third kappa shape index (κ3) is 4.18. The fraction of sp³-hybridized carbons (Fsp3) is 0.857. The monoisotopic (exact) mass is 286 g/mol. The van der Waals surface area contributed by atoms with Gasteiger partial charge in [-0.1, -0.05) is 6.92 Å². The Morgan fingerprint density at radius 1 is 1.35 bits per heavy atom. The lowest BCUT2D eigenvalue weighted by Crippen LogP contribution is -2.54. The number of amides is 1. The maximum absolute atomic E-state index is 12.2. The minimum absolute atomic E-state index is 0.0653. The summed E-state index contributed by atoms with van der Waals surface area (Å²) in [6, 6.07) is -0.519. The number of carboxylic acid groups (broad SMARTS) is 1. The van der Waals surface area contributed by atoms with Crippen molar-refractivity contribution < 1.29 is 19.4 Å². The van der Waals surface area contributed by atoms with E-state index in [-0.39, 0.29) is 30.6 Å². The zero-order chi connectivity index (χ0) is 15.3. The van der Waals surface area contributed by atoms with Crippen LogP contribution in [0.25, 0.3) is 0 Å². The third-order valence-corrected chi connectivity index (χ3v) is 3.58. The summed E-state index contributed by atoms with van der Waals surface area (Å²) in [4.78, 5) is 25.4. The van der Waals surface area contributed by atoms with Crippen molar-refractivity contribution in [3.8, 4) is 0 Å². The molecule has 1 aliphatic heterocycles. The topological polar surface area (TPSA) is 78.9 Å². The van der Waals surface area contributed by atoms with E-state index in [1.165, 1.54) is 0 Å². The SMILES string of the molecule is CCCN(C(C)C(=O)NC(C)C)C1COCC1C(=O)O. The molecule has 0 spiro atoms. The first-order valence-electron chi connectivity index (χ1n) is 7.25. The molecule has 2 N–H and O–H groups in total. The van der Waals surface area contributed by atoms with Crippen LogP contribution >= 0.6 is 0 Å². The number of nitrogens with zero attached hydrogens (tertiary/aromatic N) is 1. The number of carbonyl (C=O) groups is 2. The third-order valence-electron chi connectivity index (χ3n) is 3.58. The lowest BCUT2D eigenvalue weighted by Gasteiger charge is -2.34. The van der Waals surface area contributed by atoms with Gasteiger partial charge < -0.3 is 15.2 Å². The number of carbonyl (C=O) groups excluding carboxylic acids is 1. The van der Waals surface area contributed by atoms with E-state index in [0.29, 0.717) is 13.2 Å². The van der Waals surface area contributed by atoms with Gasteiger partial charge in [0.05, 0.1) is 25.2 Å². The van der Waals surface area contributed by atoms with Crippen LogP contribution < -0.4 is 5.32 Å². The van der Waals surface area contributed by atoms with E-state index >= 15 is 0 Å². The number of aliphatic carboxylic acids is 1. The molecule has 0 radical (unpaired) electrons. The van der Waals surface area contributed by atoms with Crippen molar-refractivity contribution in [1.29, 1.82) is 0 Å². The molecule has 6 nitrogen and oxygen atoms in total. The number of nitrogens with one attached hydrogen (secondary N) is 1. The molecule has 1 aliphatic rings. The average molecular weight is 286 g/mol. The van der Waals surface area contributed by atoms with Gasteiger partial charge in [0.25, 0.3) is 0 Å². The summed E-state index contributed by atoms with van der Waals surface area (Å²) >= 11 is 0. The van der Waals surface area contributed by atoms with Crippen LogP contribution in [0.15, 0.2) is 0 Å². The van der Waals surface area contributed by atoms with E-state index in [2.05, 4.69) is 5.32 Å². The Morgan fingerprint density at radius 3 is 2.50 bits per heavy atom. The van der Waals surface area contributed by atoms with Gasteiger partial charge in [-0.3, -0.25) is 14.5 Å². The van der Waals surface area contributed by atoms with Crippen molar-refractivity contribution in [3.63, 3.8) is 0 Å². The Balaban J connectivity index is 2.81. The molecule has 116 valence electrons. The van der Waals surface area contributed by atoms with E-state index < -0.39 is 11.9 Å². The molecule has 1 rings (SSSR count). The van der Waals surface area contributed by atoms with Crippen LogP contribution in [0.1, 0.15) is 34.1 Å². The number of hydrogen-bond donors (Lipinski definition) is 2. The molecule has 0 aromatic rings. The van der Waals surface area contributed by atoms with E-state index in [0.717, 1.165) is 6.42 Å². The van der Waals surface area contributed by atoms with Crippen LogP contribution in [0.4, 0.5) is 0 Å². The molecular weight excluding hydrogens is 260 g/mol. The summed E-state index contributed by atoms with van der Waals surface area (Å²) in [5.41, 5.74) is 0. The van der Waals surface area contributed by atoms with Crippen molar-refractivity contribution in [1.82, 2.24) is 10.2 Å². The van der Waals surface area contributed by atoms with Gasteiger partial charge in [0.15, 0.2) is 0 Å². The second kappa shape index (κ2) is 7.59. The van der Waals surface area contributed by atoms with Crippen LogP contribution in [-0.2, 0) is 14.3 Å². The molecule has 0 saturated carbocycles. The standard InChI is InChI=1S/C14H26N2O4/c1-5-6-16(10(4)13(17)15-9(2)3)12-8-20-7-11(12)14(18)19/h9-12H,5-8H2,1-4H3,(H,15,17)(H,18,19). The highest BCUT2D eigenvalue weighted by molar-refractivity contribution is 5.81. The number of carboxylic acids is 1. The summed E-state index contributed by atoms with van der Waals surface area (Å²) in [5, 5.41) is 12.1. The van der Waals surface area contributed by atoms with Crippen LogP contribution in [0.3, 0.4) is 0 Å². The second-order valence-corrected chi connectivity index (χ2v) is 5.63. The van der Waals surface area contributed by atoms with Crippen LogP contribution in [0.5, 0.6) is 0 Å². The van der Waals surface area contributed by atoms with Crippen molar-refractivity contribution in [2.45, 2.75) is 52.2 Å². The summed E-state index contributed by atoms with van der Waals surface area (Å²) in [6.07, 6.45) is 0.863. The fourth-order valence-corrected chi connectivity index (χ4v) is 2.57. The molecule has 1 amide bonds. The van der Waals surface area contributed by atoms with Gasteiger partial charge in [-0.2, -0.15) is 0 Å². The zero-order valence-corrected chi connectivity index (χ0v) is 12.8. The molecule has 3 atom stereocenters. The van der Waals surface area contributed by atoms with Gasteiger partial charge in [-0.15, -0.1) is 0 Å². The summed E-state index contributed by atoms with van der Waals surface area (Å²) in [5.74, 6) is -1.48. The molecule has 6 heteroatoms. The highest BCUT2D eigenvalue weighted by Gasteiger charge is 2.40. The first-order valence-corrected chi connectivity index (χ1v) is 7.25. The summed E-state index contributed by atoms with van der Waals surface area (Å²) in [6.45, 7) is 8.94. The smallest absolute Gasteiger partial charge is 0.310 e. The molecule has 1 saturated heterocycles. The predicted octanol–water partition coefficient (Wildman–Crippen LogP) is 0.711. The van der Waals surface area contributed by atoms with Gasteiger partial charge in [-0.25, -0.2) is 0 Å². The van der Waals surface area contributed by atoms with Crippen molar-refractivity contribution in [2.75, 3.05) is 19.8 Å². The zero-order valence-electron chi connectivity index (χ0n) is 12.8. The molecule has 3 unspecified atom stereocenters.